The Morgan fingerprint density at radius 3 is 1.94 bits per heavy atom. The Morgan fingerprint density at radius 2 is 1.61 bits per heavy atom. The predicted octanol–water partition coefficient (Wildman–Crippen LogP) is 2.03. The van der Waals surface area contributed by atoms with Gasteiger partial charge in [-0.05, 0) is 24.7 Å². The van der Waals surface area contributed by atoms with E-state index in [-0.39, 0.29) is 12.0 Å². The Hall–Kier alpha value is -1.42. The fourth-order valence-corrected chi connectivity index (χ4v) is 2.19. The molecule has 1 aliphatic rings. The number of ether oxygens (including phenoxy) is 3. The molecule has 18 heavy (non-hydrogen) atoms. The van der Waals surface area contributed by atoms with E-state index in [9.17, 15) is 5.11 Å². The van der Waals surface area contributed by atoms with Crippen LogP contribution in [0.5, 0.6) is 17.2 Å². The van der Waals surface area contributed by atoms with E-state index in [2.05, 4.69) is 0 Å². The summed E-state index contributed by atoms with van der Waals surface area (Å²) in [5.41, 5.74) is 1.03. The number of hydrogen-bond acceptors (Lipinski definition) is 4. The molecule has 0 aliphatic heterocycles. The van der Waals surface area contributed by atoms with E-state index in [1.54, 1.807) is 21.3 Å². The van der Waals surface area contributed by atoms with Gasteiger partial charge in [0.15, 0.2) is 0 Å². The third-order valence-corrected chi connectivity index (χ3v) is 3.66. The molecule has 1 saturated carbocycles. The van der Waals surface area contributed by atoms with Gasteiger partial charge in [0.1, 0.15) is 17.2 Å². The highest BCUT2D eigenvalue weighted by atomic mass is 16.5. The van der Waals surface area contributed by atoms with Crippen LogP contribution < -0.4 is 14.2 Å². The zero-order valence-corrected chi connectivity index (χ0v) is 11.2. The molecule has 4 heteroatoms. The van der Waals surface area contributed by atoms with E-state index >= 15 is 0 Å². The van der Waals surface area contributed by atoms with Crippen LogP contribution in [0.2, 0.25) is 0 Å². The van der Waals surface area contributed by atoms with Gasteiger partial charge in [-0.2, -0.15) is 0 Å². The van der Waals surface area contributed by atoms with E-state index in [0.29, 0.717) is 5.75 Å². The monoisotopic (exact) mass is 252 g/mol. The third kappa shape index (κ3) is 2.38. The molecule has 2 rings (SSSR count). The SMILES string of the molecule is COc1cc(OC)c(CC2(CO)CC2)c(OC)c1. The van der Waals surface area contributed by atoms with E-state index < -0.39 is 0 Å². The Labute approximate surface area is 107 Å². The highest BCUT2D eigenvalue weighted by molar-refractivity contribution is 5.51. The number of hydrogen-bond donors (Lipinski definition) is 1. The molecule has 0 saturated heterocycles. The summed E-state index contributed by atoms with van der Waals surface area (Å²) in [6, 6.07) is 3.70. The first-order chi connectivity index (χ1) is 8.68. The quantitative estimate of drug-likeness (QED) is 0.841. The topological polar surface area (TPSA) is 47.9 Å². The minimum atomic E-state index is 0.0230. The summed E-state index contributed by atoms with van der Waals surface area (Å²) in [6.07, 6.45) is 2.89. The van der Waals surface area contributed by atoms with Crippen LogP contribution >= 0.6 is 0 Å². The van der Waals surface area contributed by atoms with Gasteiger partial charge in [-0.25, -0.2) is 0 Å². The highest BCUT2D eigenvalue weighted by Crippen LogP contribution is 2.50. The largest absolute Gasteiger partial charge is 0.496 e. The summed E-state index contributed by atoms with van der Waals surface area (Å²) in [7, 11) is 4.89. The lowest BCUT2D eigenvalue weighted by Gasteiger charge is -2.18. The van der Waals surface area contributed by atoms with Crippen molar-refractivity contribution in [1.82, 2.24) is 0 Å². The Morgan fingerprint density at radius 1 is 1.06 bits per heavy atom. The summed E-state index contributed by atoms with van der Waals surface area (Å²) in [5.74, 6) is 2.22. The first-order valence-corrected chi connectivity index (χ1v) is 6.08. The molecule has 0 bridgehead atoms. The number of aliphatic hydroxyl groups excluding tert-OH is 1. The van der Waals surface area contributed by atoms with Crippen LogP contribution in [-0.2, 0) is 6.42 Å². The summed E-state index contributed by atoms with van der Waals surface area (Å²) in [6.45, 7) is 0.214. The van der Waals surface area contributed by atoms with Crippen molar-refractivity contribution in [2.24, 2.45) is 5.41 Å². The van der Waals surface area contributed by atoms with Gasteiger partial charge in [0.25, 0.3) is 0 Å². The second-order valence-electron chi connectivity index (χ2n) is 4.85. The lowest BCUT2D eigenvalue weighted by atomic mass is 9.95. The van der Waals surface area contributed by atoms with Crippen molar-refractivity contribution in [1.29, 1.82) is 0 Å². The van der Waals surface area contributed by atoms with Crippen molar-refractivity contribution in [2.75, 3.05) is 27.9 Å². The molecule has 1 aromatic rings. The minimum absolute atomic E-state index is 0.0230. The zero-order chi connectivity index (χ0) is 13.2. The van der Waals surface area contributed by atoms with Crippen LogP contribution in [0.15, 0.2) is 12.1 Å². The second kappa shape index (κ2) is 5.06. The lowest BCUT2D eigenvalue weighted by molar-refractivity contribution is 0.209. The van der Waals surface area contributed by atoms with Crippen LogP contribution in [0.3, 0.4) is 0 Å². The van der Waals surface area contributed by atoms with Gasteiger partial charge in [0.05, 0.1) is 21.3 Å². The number of benzene rings is 1. The molecule has 4 nitrogen and oxygen atoms in total. The first kappa shape index (κ1) is 13.0. The molecule has 100 valence electrons. The summed E-state index contributed by atoms with van der Waals surface area (Å²) >= 11 is 0. The van der Waals surface area contributed by atoms with Gasteiger partial charge in [-0.3, -0.25) is 0 Å². The smallest absolute Gasteiger partial charge is 0.129 e. The lowest BCUT2D eigenvalue weighted by Crippen LogP contribution is -2.12. The van der Waals surface area contributed by atoms with Gasteiger partial charge < -0.3 is 19.3 Å². The molecule has 1 fully saturated rings. The fourth-order valence-electron chi connectivity index (χ4n) is 2.19. The highest BCUT2D eigenvalue weighted by Gasteiger charge is 2.43. The molecular weight excluding hydrogens is 232 g/mol. The average molecular weight is 252 g/mol. The molecule has 1 aliphatic carbocycles. The van der Waals surface area contributed by atoms with Crippen molar-refractivity contribution in [3.63, 3.8) is 0 Å². The number of methoxy groups -OCH3 is 3. The fraction of sp³-hybridized carbons (Fsp3) is 0.571. The Kier molecular flexibility index (Phi) is 3.66. The van der Waals surface area contributed by atoms with Crippen LogP contribution in [-0.4, -0.2) is 33.0 Å². The number of rotatable bonds is 6. The first-order valence-electron chi connectivity index (χ1n) is 6.08. The maximum Gasteiger partial charge on any atom is 0.129 e. The molecule has 0 unspecified atom stereocenters. The Balaban J connectivity index is 2.37. The predicted molar refractivity (Wildman–Crippen MR) is 68.6 cm³/mol. The Bertz CT molecular complexity index is 399. The average Bonchev–Trinajstić information content (AvgIpc) is 3.19. The summed E-state index contributed by atoms with van der Waals surface area (Å²) < 4.78 is 16.0. The molecule has 1 aromatic carbocycles. The van der Waals surface area contributed by atoms with E-state index in [0.717, 1.165) is 36.3 Å². The molecule has 0 amide bonds. The van der Waals surface area contributed by atoms with Crippen molar-refractivity contribution in [2.45, 2.75) is 19.3 Å². The molecule has 1 N–H and O–H groups in total. The summed E-state index contributed by atoms with van der Waals surface area (Å²) in [5, 5.41) is 9.44. The van der Waals surface area contributed by atoms with Gasteiger partial charge in [0, 0.05) is 24.3 Å². The van der Waals surface area contributed by atoms with Crippen molar-refractivity contribution >= 4 is 0 Å². The van der Waals surface area contributed by atoms with Crippen LogP contribution in [0.4, 0.5) is 0 Å². The second-order valence-corrected chi connectivity index (χ2v) is 4.85. The van der Waals surface area contributed by atoms with Gasteiger partial charge in [0.2, 0.25) is 0 Å². The van der Waals surface area contributed by atoms with E-state index in [1.165, 1.54) is 0 Å². The van der Waals surface area contributed by atoms with Crippen LogP contribution in [0, 0.1) is 5.41 Å². The van der Waals surface area contributed by atoms with Gasteiger partial charge in [-0.1, -0.05) is 0 Å². The van der Waals surface area contributed by atoms with Crippen LogP contribution in [0.25, 0.3) is 0 Å². The van der Waals surface area contributed by atoms with Crippen molar-refractivity contribution in [3.8, 4) is 17.2 Å². The molecule has 0 radical (unpaired) electrons. The van der Waals surface area contributed by atoms with Crippen molar-refractivity contribution in [3.05, 3.63) is 17.7 Å². The number of aliphatic hydroxyl groups is 1. The molecule has 0 spiro atoms. The van der Waals surface area contributed by atoms with Gasteiger partial charge in [-0.15, -0.1) is 0 Å². The van der Waals surface area contributed by atoms with Crippen molar-refractivity contribution < 1.29 is 19.3 Å². The minimum Gasteiger partial charge on any atom is -0.496 e. The molecule has 0 aromatic heterocycles. The molecule has 0 atom stereocenters. The summed E-state index contributed by atoms with van der Waals surface area (Å²) in [4.78, 5) is 0. The van der Waals surface area contributed by atoms with E-state index in [1.807, 2.05) is 12.1 Å². The third-order valence-electron chi connectivity index (χ3n) is 3.66. The van der Waals surface area contributed by atoms with Gasteiger partial charge >= 0.3 is 0 Å². The standard InChI is InChI=1S/C14H20O4/c1-16-10-6-12(17-2)11(13(7-10)18-3)8-14(9-15)4-5-14/h6-7,15H,4-5,8-9H2,1-3H3. The molecule has 0 heterocycles. The zero-order valence-electron chi connectivity index (χ0n) is 11.2. The maximum atomic E-state index is 9.44. The van der Waals surface area contributed by atoms with E-state index in [4.69, 9.17) is 14.2 Å². The normalized spacial score (nSPS) is 16.2. The molecular formula is C14H20O4. The maximum absolute atomic E-state index is 9.44. The van der Waals surface area contributed by atoms with Crippen LogP contribution in [0.1, 0.15) is 18.4 Å².